The van der Waals surface area contributed by atoms with Crippen molar-refractivity contribution < 1.29 is 8.78 Å². The van der Waals surface area contributed by atoms with Gasteiger partial charge in [0.15, 0.2) is 0 Å². The lowest BCUT2D eigenvalue weighted by Gasteiger charge is -2.47. The van der Waals surface area contributed by atoms with Gasteiger partial charge in [0.2, 0.25) is 0 Å². The summed E-state index contributed by atoms with van der Waals surface area (Å²) >= 11 is 0. The molecular weight excluding hydrogens is 258 g/mol. The predicted octanol–water partition coefficient (Wildman–Crippen LogP) is 3.24. The first-order chi connectivity index (χ1) is 9.35. The fourth-order valence-corrected chi connectivity index (χ4v) is 2.65. The first kappa shape index (κ1) is 15.4. The summed E-state index contributed by atoms with van der Waals surface area (Å²) in [6.07, 6.45) is 0.962. The number of rotatable bonds is 4. The lowest BCUT2D eigenvalue weighted by Crippen LogP contribution is -2.63. The molecule has 1 N–H and O–H groups in total. The molecule has 0 saturated carbocycles. The van der Waals surface area contributed by atoms with E-state index in [2.05, 4.69) is 12.2 Å². The maximum Gasteiger partial charge on any atom is 0.285 e. The zero-order valence-corrected chi connectivity index (χ0v) is 12.5. The number of nitrogens with zero attached hydrogens (tertiary/aromatic N) is 1. The van der Waals surface area contributed by atoms with Crippen molar-refractivity contribution >= 4 is 0 Å². The minimum absolute atomic E-state index is 0.0994. The number of hydrogen-bond acceptors (Lipinski definition) is 2. The van der Waals surface area contributed by atoms with Crippen molar-refractivity contribution in [3.63, 3.8) is 0 Å². The maximum absolute atomic E-state index is 14.5. The number of alkyl halides is 2. The molecule has 1 fully saturated rings. The first-order valence-electron chi connectivity index (χ1n) is 7.27. The fraction of sp³-hybridized carbons (Fsp3) is 0.625. The van der Waals surface area contributed by atoms with Gasteiger partial charge in [0.05, 0.1) is 6.54 Å². The summed E-state index contributed by atoms with van der Waals surface area (Å²) in [5.74, 6) is -2.81. The van der Waals surface area contributed by atoms with Crippen molar-refractivity contribution in [3.05, 3.63) is 35.9 Å². The second kappa shape index (κ2) is 5.78. The topological polar surface area (TPSA) is 15.3 Å². The normalized spacial score (nSPS) is 23.8. The molecule has 0 amide bonds. The molecule has 0 aliphatic carbocycles. The van der Waals surface area contributed by atoms with Crippen molar-refractivity contribution in [2.45, 2.75) is 44.7 Å². The van der Waals surface area contributed by atoms with Gasteiger partial charge < -0.3 is 5.32 Å². The van der Waals surface area contributed by atoms with E-state index in [1.807, 2.05) is 18.7 Å². The zero-order valence-electron chi connectivity index (χ0n) is 12.5. The van der Waals surface area contributed by atoms with Gasteiger partial charge in [-0.2, -0.15) is 8.78 Å². The van der Waals surface area contributed by atoms with Crippen LogP contribution >= 0.6 is 0 Å². The van der Waals surface area contributed by atoms with Gasteiger partial charge in [-0.15, -0.1) is 0 Å². The molecule has 1 aliphatic rings. The molecule has 0 aromatic heterocycles. The van der Waals surface area contributed by atoms with Gasteiger partial charge in [-0.3, -0.25) is 4.90 Å². The Balaban J connectivity index is 2.14. The Labute approximate surface area is 120 Å². The van der Waals surface area contributed by atoms with Crippen molar-refractivity contribution in [2.75, 3.05) is 19.6 Å². The largest absolute Gasteiger partial charge is 0.311 e. The van der Waals surface area contributed by atoms with E-state index in [1.165, 1.54) is 12.1 Å². The van der Waals surface area contributed by atoms with Crippen LogP contribution in [0.15, 0.2) is 30.3 Å². The van der Waals surface area contributed by atoms with E-state index in [0.29, 0.717) is 12.6 Å². The Bertz CT molecular complexity index is 431. The second-order valence-corrected chi connectivity index (χ2v) is 6.25. The number of halogens is 2. The third kappa shape index (κ3) is 3.36. The van der Waals surface area contributed by atoms with Gasteiger partial charge in [0.1, 0.15) is 0 Å². The molecule has 1 heterocycles. The molecular formula is C16H24F2N2. The number of nitrogens with one attached hydrogen (secondary N) is 1. The Hall–Kier alpha value is -1.00. The quantitative estimate of drug-likeness (QED) is 0.912. The Morgan fingerprint density at radius 2 is 1.95 bits per heavy atom. The fourth-order valence-electron chi connectivity index (χ4n) is 2.65. The summed E-state index contributed by atoms with van der Waals surface area (Å²) in [5.41, 5.74) is -0.147. The molecule has 4 heteroatoms. The summed E-state index contributed by atoms with van der Waals surface area (Å²) in [6, 6.07) is 8.41. The van der Waals surface area contributed by atoms with Gasteiger partial charge in [-0.25, -0.2) is 0 Å². The van der Waals surface area contributed by atoms with E-state index >= 15 is 0 Å². The highest BCUT2D eigenvalue weighted by Crippen LogP contribution is 2.32. The Morgan fingerprint density at radius 1 is 1.30 bits per heavy atom. The molecule has 112 valence electrons. The molecule has 1 saturated heterocycles. The number of hydrogen-bond donors (Lipinski definition) is 1. The SMILES string of the molecule is CCC1CN(CC(F)(F)c2ccccc2)C(C)(C)CN1. The first-order valence-corrected chi connectivity index (χ1v) is 7.27. The lowest BCUT2D eigenvalue weighted by atomic mass is 9.95. The van der Waals surface area contributed by atoms with E-state index in [1.54, 1.807) is 18.2 Å². The third-order valence-corrected chi connectivity index (χ3v) is 4.20. The van der Waals surface area contributed by atoms with Gasteiger partial charge in [-0.05, 0) is 20.3 Å². The highest BCUT2D eigenvalue weighted by Gasteiger charge is 2.41. The average Bonchev–Trinajstić information content (AvgIpc) is 2.42. The van der Waals surface area contributed by atoms with Crippen LogP contribution in [0.1, 0.15) is 32.8 Å². The minimum atomic E-state index is -2.81. The van der Waals surface area contributed by atoms with E-state index in [9.17, 15) is 8.78 Å². The van der Waals surface area contributed by atoms with Gasteiger partial charge >= 0.3 is 0 Å². The van der Waals surface area contributed by atoms with Crippen LogP contribution in [-0.4, -0.2) is 36.1 Å². The van der Waals surface area contributed by atoms with Crippen LogP contribution in [0.2, 0.25) is 0 Å². The highest BCUT2D eigenvalue weighted by molar-refractivity contribution is 5.20. The van der Waals surface area contributed by atoms with Gasteiger partial charge in [0.25, 0.3) is 5.92 Å². The summed E-state index contributed by atoms with van der Waals surface area (Å²) in [5, 5.41) is 3.43. The monoisotopic (exact) mass is 282 g/mol. The highest BCUT2D eigenvalue weighted by atomic mass is 19.3. The van der Waals surface area contributed by atoms with E-state index in [-0.39, 0.29) is 17.6 Å². The zero-order chi connectivity index (χ0) is 14.8. The van der Waals surface area contributed by atoms with E-state index < -0.39 is 5.92 Å². The number of piperazine rings is 1. The van der Waals surface area contributed by atoms with E-state index in [0.717, 1.165) is 13.0 Å². The smallest absolute Gasteiger partial charge is 0.285 e. The molecule has 20 heavy (non-hydrogen) atoms. The van der Waals surface area contributed by atoms with Crippen molar-refractivity contribution in [3.8, 4) is 0 Å². The molecule has 0 radical (unpaired) electrons. The second-order valence-electron chi connectivity index (χ2n) is 6.25. The average molecular weight is 282 g/mol. The molecule has 2 nitrogen and oxygen atoms in total. The molecule has 1 unspecified atom stereocenters. The standard InChI is InChI=1S/C16H24F2N2/c1-4-14-10-20(15(2,3)11-19-14)12-16(17,18)13-8-6-5-7-9-13/h5-9,14,19H,4,10-12H2,1-3H3. The van der Waals surface area contributed by atoms with Crippen LogP contribution in [-0.2, 0) is 5.92 Å². The van der Waals surface area contributed by atoms with Crippen LogP contribution in [0.5, 0.6) is 0 Å². The Kier molecular flexibility index (Phi) is 4.45. The van der Waals surface area contributed by atoms with Crippen LogP contribution in [0, 0.1) is 0 Å². The molecule has 0 spiro atoms. The summed E-state index contributed by atoms with van der Waals surface area (Å²) in [4.78, 5) is 1.92. The molecule has 0 bridgehead atoms. The molecule has 1 atom stereocenters. The minimum Gasteiger partial charge on any atom is -0.311 e. The summed E-state index contributed by atoms with van der Waals surface area (Å²) in [6.45, 7) is 7.33. The van der Waals surface area contributed by atoms with Crippen molar-refractivity contribution in [2.24, 2.45) is 0 Å². The number of benzene rings is 1. The van der Waals surface area contributed by atoms with Crippen LogP contribution in [0.4, 0.5) is 8.78 Å². The molecule has 1 aromatic rings. The van der Waals surface area contributed by atoms with Crippen LogP contribution in [0.25, 0.3) is 0 Å². The molecule has 2 rings (SSSR count). The van der Waals surface area contributed by atoms with Crippen LogP contribution < -0.4 is 5.32 Å². The van der Waals surface area contributed by atoms with Crippen molar-refractivity contribution in [1.82, 2.24) is 10.2 Å². The summed E-state index contributed by atoms with van der Waals surface area (Å²) in [7, 11) is 0. The van der Waals surface area contributed by atoms with Gasteiger partial charge in [0, 0.05) is 30.2 Å². The third-order valence-electron chi connectivity index (χ3n) is 4.20. The Morgan fingerprint density at radius 3 is 2.55 bits per heavy atom. The van der Waals surface area contributed by atoms with Crippen molar-refractivity contribution in [1.29, 1.82) is 0 Å². The lowest BCUT2D eigenvalue weighted by molar-refractivity contribution is -0.0731. The van der Waals surface area contributed by atoms with E-state index in [4.69, 9.17) is 0 Å². The summed E-state index contributed by atoms with van der Waals surface area (Å²) < 4.78 is 28.9. The predicted molar refractivity (Wildman–Crippen MR) is 78.1 cm³/mol. The van der Waals surface area contributed by atoms with Crippen LogP contribution in [0.3, 0.4) is 0 Å². The van der Waals surface area contributed by atoms with Gasteiger partial charge in [-0.1, -0.05) is 37.3 Å². The molecule has 1 aliphatic heterocycles. The molecule has 1 aromatic carbocycles. The maximum atomic E-state index is 14.5.